The number of rotatable bonds is 40. The number of phosphoric ester groups is 3. The number of aliphatic hydroxyl groups excluding tert-OH is 2. The van der Waals surface area contributed by atoms with Gasteiger partial charge in [-0.3, -0.25) is 32.5 Å². The summed E-state index contributed by atoms with van der Waals surface area (Å²) in [5, 5.41) is 26.7. The summed E-state index contributed by atoms with van der Waals surface area (Å²) in [7, 11) is -16.4. The van der Waals surface area contributed by atoms with Crippen LogP contribution in [0.2, 0.25) is 0 Å². The fraction of sp³-hybridized carbons (Fsp3) is 0.822. The van der Waals surface area contributed by atoms with Crippen LogP contribution in [0.25, 0.3) is 11.2 Å². The quantitative estimate of drug-likeness (QED) is 0.0237. The molecular weight excluding hydrogens is 1040 g/mol. The number of nitrogens with zero attached hydrogens (tertiary/aromatic N) is 4. The van der Waals surface area contributed by atoms with Crippen molar-refractivity contribution in [1.82, 2.24) is 30.2 Å². The Morgan fingerprint density at radius 2 is 1.40 bits per heavy atom. The van der Waals surface area contributed by atoms with E-state index < -0.39 is 84.6 Å². The fourth-order valence-corrected chi connectivity index (χ4v) is 11.7. The normalized spacial score (nSPS) is 19.9. The van der Waals surface area contributed by atoms with Crippen LogP contribution in [0.5, 0.6) is 0 Å². The first-order chi connectivity index (χ1) is 34.4. The molecule has 8 atom stereocenters. The number of hydrogen-bond acceptors (Lipinski definition) is 18. The van der Waals surface area contributed by atoms with Crippen LogP contribution < -0.4 is 16.4 Å². The zero-order valence-corrected chi connectivity index (χ0v) is 46.3. The van der Waals surface area contributed by atoms with E-state index in [0.717, 1.165) is 54.2 Å². The SMILES string of the molecule is CCCCC(C)CCCCCCCCCCCCCCCCCC(=O)SCCNC(=O)CCNC(=O)C(O)C(C)(C)COP(=O)(O)OP(=O)(O)OCC1OC(n2cnc3c(N)ncnc32)C(O)C1OP(=O)(O)O. The molecular formula is C45H82N7O17P3S. The summed E-state index contributed by atoms with van der Waals surface area (Å²) in [5.41, 5.74) is 4.30. The lowest BCUT2D eigenvalue weighted by atomic mass is 9.87. The number of thioether (sulfide) groups is 1. The van der Waals surface area contributed by atoms with Crippen LogP contribution >= 0.6 is 35.2 Å². The minimum Gasteiger partial charge on any atom is -0.386 e. The first-order valence-electron chi connectivity index (χ1n) is 25.5. The smallest absolute Gasteiger partial charge is 0.386 e. The molecule has 3 rings (SSSR count). The summed E-state index contributed by atoms with van der Waals surface area (Å²) >= 11 is 1.16. The van der Waals surface area contributed by atoms with Crippen LogP contribution in [0.4, 0.5) is 5.82 Å². The van der Waals surface area contributed by atoms with Gasteiger partial charge in [-0.1, -0.05) is 155 Å². The van der Waals surface area contributed by atoms with Crippen molar-refractivity contribution < 1.29 is 80.5 Å². The Kier molecular flexibility index (Phi) is 29.3. The summed E-state index contributed by atoms with van der Waals surface area (Å²) in [6.07, 6.45) is 18.0. The van der Waals surface area contributed by atoms with Gasteiger partial charge in [0.15, 0.2) is 22.8 Å². The molecule has 1 fully saturated rings. The monoisotopic (exact) mass is 1120 g/mol. The molecule has 1 aliphatic heterocycles. The van der Waals surface area contributed by atoms with E-state index in [4.69, 9.17) is 19.5 Å². The van der Waals surface area contributed by atoms with Crippen LogP contribution in [0.3, 0.4) is 0 Å². The number of aromatic nitrogens is 4. The Morgan fingerprint density at radius 3 is 2.00 bits per heavy atom. The van der Waals surface area contributed by atoms with E-state index in [-0.39, 0.29) is 41.6 Å². The number of carbonyl (C=O) groups is 3. The van der Waals surface area contributed by atoms with Gasteiger partial charge in [0.1, 0.15) is 36.3 Å². The maximum absolute atomic E-state index is 12.8. The molecule has 0 spiro atoms. The third kappa shape index (κ3) is 25.5. The fourth-order valence-electron chi connectivity index (χ4n) is 8.12. The van der Waals surface area contributed by atoms with Gasteiger partial charge in [-0.15, -0.1) is 0 Å². The van der Waals surface area contributed by atoms with E-state index in [2.05, 4.69) is 48.3 Å². The summed E-state index contributed by atoms with van der Waals surface area (Å²) in [6, 6.07) is 0. The van der Waals surface area contributed by atoms with E-state index in [1.54, 1.807) is 0 Å². The lowest BCUT2D eigenvalue weighted by Gasteiger charge is -2.30. The average Bonchev–Trinajstić information content (AvgIpc) is 3.88. The second-order valence-corrected chi connectivity index (χ2v) is 24.8. The number of nitrogen functional groups attached to an aromatic ring is 1. The molecule has 24 nitrogen and oxygen atoms in total. The number of anilines is 1. The molecule has 0 aliphatic carbocycles. The zero-order valence-electron chi connectivity index (χ0n) is 42.8. The number of nitrogens with two attached hydrogens (primary N) is 1. The third-order valence-corrected chi connectivity index (χ3v) is 16.4. The number of phosphoric acid groups is 3. The number of carbonyl (C=O) groups excluding carboxylic acids is 3. The molecule has 420 valence electrons. The van der Waals surface area contributed by atoms with E-state index >= 15 is 0 Å². The molecule has 73 heavy (non-hydrogen) atoms. The van der Waals surface area contributed by atoms with Crippen molar-refractivity contribution in [2.75, 3.05) is 37.8 Å². The van der Waals surface area contributed by atoms with Crippen molar-refractivity contribution in [2.24, 2.45) is 11.3 Å². The Bertz CT molecular complexity index is 2120. The lowest BCUT2D eigenvalue weighted by Crippen LogP contribution is -2.46. The minimum absolute atomic E-state index is 0.0344. The largest absolute Gasteiger partial charge is 0.481 e. The molecule has 2 aromatic heterocycles. The third-order valence-electron chi connectivity index (χ3n) is 12.4. The maximum atomic E-state index is 12.8. The highest BCUT2D eigenvalue weighted by molar-refractivity contribution is 8.13. The zero-order chi connectivity index (χ0) is 54.1. The number of ether oxygens (including phenoxy) is 1. The molecule has 28 heteroatoms. The first-order valence-corrected chi connectivity index (χ1v) is 31.0. The molecule has 1 saturated heterocycles. The highest BCUT2D eigenvalue weighted by atomic mass is 32.2. The molecule has 0 radical (unpaired) electrons. The summed E-state index contributed by atoms with van der Waals surface area (Å²) in [4.78, 5) is 88.6. The number of nitrogens with one attached hydrogen (secondary N) is 2. The number of amides is 2. The Hall–Kier alpha value is -2.44. The number of hydrogen-bond donors (Lipinski definition) is 9. The molecule has 0 aromatic carbocycles. The number of unbranched alkanes of at least 4 members (excludes halogenated alkanes) is 15. The van der Waals surface area contributed by atoms with E-state index in [9.17, 15) is 57.9 Å². The standard InChI is InChI=1S/C45H82N7O17P3S/c1-5-6-22-33(2)23-20-18-16-14-12-10-8-7-9-11-13-15-17-19-21-24-36(54)73-28-27-47-35(53)25-26-48-43(57)40(56)45(3,4)30-66-72(63,64)69-71(61,62)65-29-34-39(68-70(58,59)60)38(55)44(67-34)52-32-51-37-41(46)49-31-50-42(37)52/h31-34,38-40,44,55-56H,5-30H2,1-4H3,(H,47,53)(H,48,57)(H,61,62)(H,63,64)(H2,46,49,50)(H2,58,59,60). The molecule has 0 bridgehead atoms. The maximum Gasteiger partial charge on any atom is 0.481 e. The predicted octanol–water partition coefficient (Wildman–Crippen LogP) is 7.12. The molecule has 0 saturated carbocycles. The molecule has 3 heterocycles. The van der Waals surface area contributed by atoms with Crippen LogP contribution in [-0.2, 0) is 50.7 Å². The van der Waals surface area contributed by atoms with Crippen molar-refractivity contribution in [3.05, 3.63) is 12.7 Å². The van der Waals surface area contributed by atoms with Gasteiger partial charge in [0.2, 0.25) is 11.8 Å². The Morgan fingerprint density at radius 1 is 0.822 bits per heavy atom. The average molecular weight is 1120 g/mol. The molecule has 1 aliphatic rings. The van der Waals surface area contributed by atoms with E-state index in [1.807, 2.05) is 0 Å². The second-order valence-electron chi connectivity index (χ2n) is 19.4. The highest BCUT2D eigenvalue weighted by Crippen LogP contribution is 2.61. The first kappa shape index (κ1) is 64.8. The van der Waals surface area contributed by atoms with E-state index in [1.165, 1.54) is 117 Å². The van der Waals surface area contributed by atoms with Gasteiger partial charge in [-0.25, -0.2) is 28.6 Å². The predicted molar refractivity (Wildman–Crippen MR) is 274 cm³/mol. The highest BCUT2D eigenvalue weighted by Gasteiger charge is 2.50. The van der Waals surface area contributed by atoms with Crippen molar-refractivity contribution in [2.45, 2.75) is 193 Å². The lowest BCUT2D eigenvalue weighted by molar-refractivity contribution is -0.137. The Labute approximate surface area is 433 Å². The minimum atomic E-state index is -5.58. The molecule has 2 aromatic rings. The summed E-state index contributed by atoms with van der Waals surface area (Å²) < 4.78 is 62.5. The summed E-state index contributed by atoms with van der Waals surface area (Å²) in [5.74, 6) is -0.129. The van der Waals surface area contributed by atoms with Gasteiger partial charge in [-0.05, 0) is 12.3 Å². The van der Waals surface area contributed by atoms with Crippen LogP contribution in [-0.4, -0.2) is 123 Å². The second kappa shape index (κ2) is 33.0. The van der Waals surface area contributed by atoms with Crippen LogP contribution in [0.1, 0.15) is 169 Å². The molecule has 10 N–H and O–H groups in total. The van der Waals surface area contributed by atoms with Crippen molar-refractivity contribution in [3.8, 4) is 0 Å². The van der Waals surface area contributed by atoms with Crippen LogP contribution in [0, 0.1) is 11.3 Å². The van der Waals surface area contributed by atoms with Crippen LogP contribution in [0.15, 0.2) is 12.7 Å². The summed E-state index contributed by atoms with van der Waals surface area (Å²) in [6.45, 7) is 5.25. The van der Waals surface area contributed by atoms with Gasteiger partial charge in [0.25, 0.3) is 0 Å². The van der Waals surface area contributed by atoms with Gasteiger partial charge >= 0.3 is 23.5 Å². The van der Waals surface area contributed by atoms with Crippen molar-refractivity contribution >= 4 is 69.1 Å². The van der Waals surface area contributed by atoms with Gasteiger partial charge in [0, 0.05) is 37.1 Å². The van der Waals surface area contributed by atoms with Crippen molar-refractivity contribution in [1.29, 1.82) is 0 Å². The Balaban J connectivity index is 1.23. The van der Waals surface area contributed by atoms with Crippen molar-refractivity contribution in [3.63, 3.8) is 0 Å². The number of aliphatic hydroxyl groups is 2. The van der Waals surface area contributed by atoms with Gasteiger partial charge in [0.05, 0.1) is 19.5 Å². The number of imidazole rings is 1. The molecule has 2 amide bonds. The number of fused-ring (bicyclic) bond motifs is 1. The van der Waals surface area contributed by atoms with E-state index in [0.29, 0.717) is 12.2 Å². The molecule has 8 unspecified atom stereocenters. The van der Waals surface area contributed by atoms with Gasteiger partial charge in [-0.2, -0.15) is 4.31 Å². The topological polar surface area (TPSA) is 364 Å². The van der Waals surface area contributed by atoms with Gasteiger partial charge < -0.3 is 50.9 Å².